The summed E-state index contributed by atoms with van der Waals surface area (Å²) in [6, 6.07) is 22.4. The third-order valence-corrected chi connectivity index (χ3v) is 5.65. The molecule has 3 aromatic carbocycles. The molecule has 7 heteroatoms. The zero-order chi connectivity index (χ0) is 22.5. The predicted octanol–water partition coefficient (Wildman–Crippen LogP) is 6.03. The molecule has 0 saturated heterocycles. The van der Waals surface area contributed by atoms with Crippen molar-refractivity contribution in [2.75, 3.05) is 13.7 Å². The smallest absolute Gasteiger partial charge is 0.251 e. The molecule has 0 unspecified atom stereocenters. The third kappa shape index (κ3) is 5.13. The van der Waals surface area contributed by atoms with E-state index in [1.165, 1.54) is 0 Å². The molecule has 4 aromatic rings. The Bertz CT molecular complexity index is 1220. The Hall–Kier alpha value is -3.28. The molecule has 1 heterocycles. The Labute approximate surface area is 196 Å². The molecule has 0 fully saturated rings. The number of hydrogen-bond acceptors (Lipinski definition) is 3. The molecule has 0 atom stereocenters. The molecule has 32 heavy (non-hydrogen) atoms. The Morgan fingerprint density at radius 2 is 1.75 bits per heavy atom. The molecule has 1 aromatic heterocycles. The fourth-order valence-corrected chi connectivity index (χ4v) is 3.83. The highest BCUT2D eigenvalue weighted by molar-refractivity contribution is 6.36. The highest BCUT2D eigenvalue weighted by atomic mass is 35.5. The summed E-state index contributed by atoms with van der Waals surface area (Å²) in [5, 5.41) is 11.5. The van der Waals surface area contributed by atoms with Gasteiger partial charge in [-0.1, -0.05) is 47.5 Å². The lowest BCUT2D eigenvalue weighted by Gasteiger charge is -2.07. The fraction of sp³-hybridized carbons (Fsp3) is 0.120. The summed E-state index contributed by atoms with van der Waals surface area (Å²) in [5.74, 6) is 0.707. The number of aromatic amines is 1. The second kappa shape index (κ2) is 9.90. The van der Waals surface area contributed by atoms with Gasteiger partial charge in [-0.3, -0.25) is 9.89 Å². The summed E-state index contributed by atoms with van der Waals surface area (Å²) in [7, 11) is 1.64. The molecule has 1 amide bonds. The van der Waals surface area contributed by atoms with Gasteiger partial charge in [0, 0.05) is 28.3 Å². The minimum atomic E-state index is -0.110. The number of amides is 1. The van der Waals surface area contributed by atoms with Crippen molar-refractivity contribution in [2.45, 2.75) is 6.42 Å². The van der Waals surface area contributed by atoms with Gasteiger partial charge in [0.05, 0.1) is 23.5 Å². The largest absolute Gasteiger partial charge is 0.497 e. The average molecular weight is 466 g/mol. The summed E-state index contributed by atoms with van der Waals surface area (Å²) in [4.78, 5) is 12.5. The minimum absolute atomic E-state index is 0.110. The first-order valence-corrected chi connectivity index (χ1v) is 10.8. The molecule has 0 saturated carbocycles. The number of nitrogens with zero attached hydrogens (tertiary/aromatic N) is 1. The van der Waals surface area contributed by atoms with Crippen LogP contribution in [0.2, 0.25) is 10.0 Å². The van der Waals surface area contributed by atoms with E-state index >= 15 is 0 Å². The van der Waals surface area contributed by atoms with E-state index in [0.29, 0.717) is 22.2 Å². The number of ether oxygens (including phenoxy) is 1. The SMILES string of the molecule is COc1ccc(CCNC(=O)c2ccc(-c3cc(-c4ccc(Cl)cc4Cl)[nH]n3)cc2)cc1. The van der Waals surface area contributed by atoms with E-state index in [-0.39, 0.29) is 5.91 Å². The second-order valence-corrected chi connectivity index (χ2v) is 8.07. The summed E-state index contributed by atoms with van der Waals surface area (Å²) < 4.78 is 5.16. The first-order valence-electron chi connectivity index (χ1n) is 10.1. The van der Waals surface area contributed by atoms with Crippen LogP contribution in [0.3, 0.4) is 0 Å². The number of carbonyl (C=O) groups excluding carboxylic acids is 1. The number of carbonyl (C=O) groups is 1. The van der Waals surface area contributed by atoms with Crippen molar-refractivity contribution >= 4 is 29.1 Å². The van der Waals surface area contributed by atoms with Crippen LogP contribution in [0.4, 0.5) is 0 Å². The maximum Gasteiger partial charge on any atom is 0.251 e. The minimum Gasteiger partial charge on any atom is -0.497 e. The number of hydrogen-bond donors (Lipinski definition) is 2. The van der Waals surface area contributed by atoms with Crippen molar-refractivity contribution < 1.29 is 9.53 Å². The average Bonchev–Trinajstić information content (AvgIpc) is 3.29. The van der Waals surface area contributed by atoms with Crippen LogP contribution >= 0.6 is 23.2 Å². The van der Waals surface area contributed by atoms with Crippen molar-refractivity contribution in [1.82, 2.24) is 15.5 Å². The van der Waals surface area contributed by atoms with E-state index in [4.69, 9.17) is 27.9 Å². The molecule has 5 nitrogen and oxygen atoms in total. The van der Waals surface area contributed by atoms with Gasteiger partial charge in [-0.15, -0.1) is 0 Å². The molecule has 162 valence electrons. The van der Waals surface area contributed by atoms with Crippen LogP contribution in [0.5, 0.6) is 5.75 Å². The van der Waals surface area contributed by atoms with Crippen LogP contribution in [0.25, 0.3) is 22.5 Å². The molecular formula is C25H21Cl2N3O2. The highest BCUT2D eigenvalue weighted by Crippen LogP contribution is 2.31. The molecule has 0 spiro atoms. The van der Waals surface area contributed by atoms with Gasteiger partial charge in [0.25, 0.3) is 5.91 Å². The lowest BCUT2D eigenvalue weighted by atomic mass is 10.1. The first-order chi connectivity index (χ1) is 15.5. The number of methoxy groups -OCH3 is 1. The monoisotopic (exact) mass is 465 g/mol. The van der Waals surface area contributed by atoms with E-state index in [1.54, 1.807) is 31.4 Å². The molecule has 0 aliphatic rings. The number of benzene rings is 3. The van der Waals surface area contributed by atoms with Gasteiger partial charge in [0.15, 0.2) is 0 Å². The molecule has 2 N–H and O–H groups in total. The number of nitrogens with one attached hydrogen (secondary N) is 2. The van der Waals surface area contributed by atoms with Crippen molar-refractivity contribution in [3.05, 3.63) is 94.0 Å². The van der Waals surface area contributed by atoms with Crippen LogP contribution in [0.1, 0.15) is 15.9 Å². The van der Waals surface area contributed by atoms with Gasteiger partial charge in [-0.25, -0.2) is 0 Å². The normalized spacial score (nSPS) is 10.7. The van der Waals surface area contributed by atoms with Crippen LogP contribution in [0, 0.1) is 0 Å². The van der Waals surface area contributed by atoms with E-state index < -0.39 is 0 Å². The quantitative estimate of drug-likeness (QED) is 0.350. The summed E-state index contributed by atoms with van der Waals surface area (Å²) >= 11 is 12.3. The van der Waals surface area contributed by atoms with Gasteiger partial charge < -0.3 is 10.1 Å². The number of H-pyrrole nitrogens is 1. The lowest BCUT2D eigenvalue weighted by molar-refractivity contribution is 0.0954. The van der Waals surface area contributed by atoms with E-state index in [2.05, 4.69) is 15.5 Å². The Balaban J connectivity index is 1.37. The Morgan fingerprint density at radius 3 is 2.44 bits per heavy atom. The molecule has 4 rings (SSSR count). The topological polar surface area (TPSA) is 67.0 Å². The van der Waals surface area contributed by atoms with Gasteiger partial charge in [0.1, 0.15) is 5.75 Å². The summed E-state index contributed by atoms with van der Waals surface area (Å²) in [6.07, 6.45) is 0.747. The zero-order valence-electron chi connectivity index (χ0n) is 17.4. The van der Waals surface area contributed by atoms with Crippen LogP contribution in [-0.4, -0.2) is 29.8 Å². The van der Waals surface area contributed by atoms with Gasteiger partial charge >= 0.3 is 0 Å². The Morgan fingerprint density at radius 1 is 1.00 bits per heavy atom. The van der Waals surface area contributed by atoms with Crippen LogP contribution < -0.4 is 10.1 Å². The summed E-state index contributed by atoms with van der Waals surface area (Å²) in [5.41, 5.74) is 5.01. The van der Waals surface area contributed by atoms with Crippen molar-refractivity contribution in [3.8, 4) is 28.3 Å². The number of rotatable bonds is 7. The second-order valence-electron chi connectivity index (χ2n) is 7.22. The molecule has 0 bridgehead atoms. The number of halogens is 2. The third-order valence-electron chi connectivity index (χ3n) is 5.10. The van der Waals surface area contributed by atoms with Crippen LogP contribution in [-0.2, 0) is 6.42 Å². The zero-order valence-corrected chi connectivity index (χ0v) is 18.9. The lowest BCUT2D eigenvalue weighted by Crippen LogP contribution is -2.25. The predicted molar refractivity (Wildman–Crippen MR) is 129 cm³/mol. The Kier molecular flexibility index (Phi) is 6.78. The number of aromatic nitrogens is 2. The standard InChI is InChI=1S/C25H21Cl2N3O2/c1-32-20-9-2-16(3-10-20)12-13-28-25(31)18-6-4-17(5-7-18)23-15-24(30-29-23)21-11-8-19(26)14-22(21)27/h2-11,14-15H,12-13H2,1H3,(H,28,31)(H,29,30). The molecule has 0 radical (unpaired) electrons. The van der Waals surface area contributed by atoms with E-state index in [9.17, 15) is 4.79 Å². The van der Waals surface area contributed by atoms with Crippen LogP contribution in [0.15, 0.2) is 72.8 Å². The maximum absolute atomic E-state index is 12.5. The van der Waals surface area contributed by atoms with Gasteiger partial charge in [-0.2, -0.15) is 5.10 Å². The van der Waals surface area contributed by atoms with Crippen molar-refractivity contribution in [3.63, 3.8) is 0 Å². The maximum atomic E-state index is 12.5. The summed E-state index contributed by atoms with van der Waals surface area (Å²) in [6.45, 7) is 0.553. The van der Waals surface area contributed by atoms with Gasteiger partial charge in [0.2, 0.25) is 0 Å². The highest BCUT2D eigenvalue weighted by Gasteiger charge is 2.11. The fourth-order valence-electron chi connectivity index (χ4n) is 3.32. The van der Waals surface area contributed by atoms with Crippen molar-refractivity contribution in [1.29, 1.82) is 0 Å². The molecular weight excluding hydrogens is 445 g/mol. The van der Waals surface area contributed by atoms with Crippen molar-refractivity contribution in [2.24, 2.45) is 0 Å². The first kappa shape index (κ1) is 21.9. The molecule has 0 aliphatic heterocycles. The van der Waals surface area contributed by atoms with E-state index in [0.717, 1.165) is 40.2 Å². The van der Waals surface area contributed by atoms with E-state index in [1.807, 2.05) is 48.5 Å². The molecule has 0 aliphatic carbocycles. The van der Waals surface area contributed by atoms with Gasteiger partial charge in [-0.05, 0) is 60.5 Å².